The van der Waals surface area contributed by atoms with Crippen LogP contribution in [0, 0.1) is 0 Å². The van der Waals surface area contributed by atoms with Crippen molar-refractivity contribution < 1.29 is 25.2 Å². The van der Waals surface area contributed by atoms with Crippen molar-refractivity contribution in [2.45, 2.75) is 31.0 Å². The maximum absolute atomic E-state index is 12.6. The molecular weight excluding hydrogens is 320 g/mol. The van der Waals surface area contributed by atoms with Gasteiger partial charge in [-0.3, -0.25) is 4.79 Å². The van der Waals surface area contributed by atoms with Gasteiger partial charge in [0.1, 0.15) is 11.5 Å². The molecule has 3 aliphatic carbocycles. The molecule has 2 aromatic carbocycles. The Balaban J connectivity index is 1.90. The first-order valence-corrected chi connectivity index (χ1v) is 8.31. The standard InChI is InChI=1S/C20H16O5/c21-11-3-1-2-9-16-10(6-13(23)17(9)11)8-4-5-12(22)19-14(24)7-15(25)20(16)18(8)19/h1-5,10,14-15,21-22,24-25H,6-7H2/t10?,14-,15+/m1/s1. The maximum Gasteiger partial charge on any atom is 0.168 e. The fraction of sp³-hybridized carbons (Fsp3) is 0.250. The molecule has 5 nitrogen and oxygen atoms in total. The number of aliphatic hydroxyl groups is 2. The highest BCUT2D eigenvalue weighted by Gasteiger charge is 2.46. The Morgan fingerprint density at radius 3 is 2.48 bits per heavy atom. The van der Waals surface area contributed by atoms with E-state index in [0.29, 0.717) is 22.3 Å². The molecule has 0 bridgehead atoms. The first-order chi connectivity index (χ1) is 12.0. The number of benzene rings is 2. The van der Waals surface area contributed by atoms with Crippen LogP contribution in [0.2, 0.25) is 0 Å². The molecule has 0 amide bonds. The number of allylic oxidation sites excluding steroid dienone is 1. The van der Waals surface area contributed by atoms with Crippen molar-refractivity contribution in [3.63, 3.8) is 0 Å². The van der Waals surface area contributed by atoms with Gasteiger partial charge < -0.3 is 20.4 Å². The summed E-state index contributed by atoms with van der Waals surface area (Å²) in [4.78, 5) is 12.6. The van der Waals surface area contributed by atoms with Crippen molar-refractivity contribution >= 4 is 16.9 Å². The van der Waals surface area contributed by atoms with Crippen LogP contribution in [0.4, 0.5) is 0 Å². The molecule has 0 saturated carbocycles. The fourth-order valence-electron chi connectivity index (χ4n) is 4.71. The number of rotatable bonds is 0. The van der Waals surface area contributed by atoms with E-state index in [2.05, 4.69) is 0 Å². The Bertz CT molecular complexity index is 988. The average Bonchev–Trinajstić information content (AvgIpc) is 2.88. The molecule has 0 radical (unpaired) electrons. The molecule has 126 valence electrons. The minimum atomic E-state index is -0.950. The summed E-state index contributed by atoms with van der Waals surface area (Å²) in [6, 6.07) is 8.26. The topological polar surface area (TPSA) is 98.0 Å². The molecular formula is C20H16O5. The SMILES string of the molecule is O=C1CC2C(=C3c4c2ccc(O)c4[C@H](O)C[C@@H]3O)c2cccc(O)c21. The van der Waals surface area contributed by atoms with E-state index in [1.807, 2.05) is 0 Å². The molecule has 2 aromatic rings. The first kappa shape index (κ1) is 14.7. The zero-order valence-electron chi connectivity index (χ0n) is 13.2. The molecule has 1 unspecified atom stereocenters. The molecule has 0 saturated heterocycles. The van der Waals surface area contributed by atoms with Crippen LogP contribution in [-0.2, 0) is 0 Å². The molecule has 0 aliphatic heterocycles. The number of fused-ring (bicyclic) bond motifs is 4. The van der Waals surface area contributed by atoms with E-state index < -0.39 is 12.2 Å². The number of phenols is 2. The van der Waals surface area contributed by atoms with Crippen LogP contribution >= 0.6 is 0 Å². The second-order valence-electron chi connectivity index (χ2n) is 6.94. The van der Waals surface area contributed by atoms with Crippen LogP contribution in [-0.4, -0.2) is 32.3 Å². The molecule has 5 rings (SSSR count). The summed E-state index contributed by atoms with van der Waals surface area (Å²) in [5.74, 6) is -0.431. The van der Waals surface area contributed by atoms with E-state index in [-0.39, 0.29) is 41.6 Å². The van der Waals surface area contributed by atoms with Crippen LogP contribution < -0.4 is 0 Å². The number of aliphatic hydroxyl groups excluding tert-OH is 2. The lowest BCUT2D eigenvalue weighted by molar-refractivity contribution is 0.0970. The number of carbonyl (C=O) groups is 1. The summed E-state index contributed by atoms with van der Waals surface area (Å²) in [6.45, 7) is 0. The van der Waals surface area contributed by atoms with E-state index in [0.717, 1.165) is 11.1 Å². The van der Waals surface area contributed by atoms with E-state index in [9.17, 15) is 25.2 Å². The summed E-state index contributed by atoms with van der Waals surface area (Å²) >= 11 is 0. The lowest BCUT2D eigenvalue weighted by Crippen LogP contribution is -2.22. The van der Waals surface area contributed by atoms with Gasteiger partial charge in [-0.15, -0.1) is 0 Å². The van der Waals surface area contributed by atoms with Gasteiger partial charge in [-0.2, -0.15) is 0 Å². The number of aromatic hydroxyl groups is 2. The lowest BCUT2D eigenvalue weighted by atomic mass is 9.77. The smallest absolute Gasteiger partial charge is 0.168 e. The van der Waals surface area contributed by atoms with Gasteiger partial charge in [-0.1, -0.05) is 18.2 Å². The van der Waals surface area contributed by atoms with Gasteiger partial charge in [0.25, 0.3) is 0 Å². The number of Topliss-reactive ketones (excluding diaryl/α,β-unsaturated/α-hetero) is 1. The first-order valence-electron chi connectivity index (χ1n) is 8.31. The maximum atomic E-state index is 12.6. The molecule has 0 spiro atoms. The van der Waals surface area contributed by atoms with E-state index in [4.69, 9.17) is 0 Å². The van der Waals surface area contributed by atoms with Gasteiger partial charge in [0, 0.05) is 24.3 Å². The second kappa shape index (κ2) is 4.71. The van der Waals surface area contributed by atoms with Crippen molar-refractivity contribution in [1.29, 1.82) is 0 Å². The monoisotopic (exact) mass is 336 g/mol. The summed E-state index contributed by atoms with van der Waals surface area (Å²) in [6.07, 6.45) is -1.54. The van der Waals surface area contributed by atoms with Crippen LogP contribution in [0.1, 0.15) is 57.5 Å². The predicted molar refractivity (Wildman–Crippen MR) is 90.3 cm³/mol. The molecule has 0 heterocycles. The number of phenolic OH excluding ortho intramolecular Hbond substituents is 2. The highest BCUT2D eigenvalue weighted by atomic mass is 16.3. The highest BCUT2D eigenvalue weighted by Crippen LogP contribution is 2.59. The number of ketones is 1. The number of carbonyl (C=O) groups excluding carboxylic acids is 1. The molecule has 4 N–H and O–H groups in total. The number of hydrogen-bond donors (Lipinski definition) is 4. The average molecular weight is 336 g/mol. The molecule has 25 heavy (non-hydrogen) atoms. The zero-order valence-corrected chi connectivity index (χ0v) is 13.2. The Morgan fingerprint density at radius 2 is 1.68 bits per heavy atom. The molecule has 0 fully saturated rings. The third-order valence-electron chi connectivity index (χ3n) is 5.65. The molecule has 3 atom stereocenters. The van der Waals surface area contributed by atoms with Crippen LogP contribution in [0.15, 0.2) is 30.3 Å². The predicted octanol–water partition coefficient (Wildman–Crippen LogP) is 2.49. The lowest BCUT2D eigenvalue weighted by Gasteiger charge is -2.29. The van der Waals surface area contributed by atoms with Gasteiger partial charge >= 0.3 is 0 Å². The minimum absolute atomic E-state index is 0.00245. The summed E-state index contributed by atoms with van der Waals surface area (Å²) in [5.41, 5.74) is 4.34. The second-order valence-corrected chi connectivity index (χ2v) is 6.94. The minimum Gasteiger partial charge on any atom is -0.508 e. The van der Waals surface area contributed by atoms with Crippen LogP contribution in [0.5, 0.6) is 11.5 Å². The van der Waals surface area contributed by atoms with Gasteiger partial charge in [0.2, 0.25) is 0 Å². The van der Waals surface area contributed by atoms with Gasteiger partial charge in [-0.25, -0.2) is 0 Å². The largest absolute Gasteiger partial charge is 0.508 e. The summed E-state index contributed by atoms with van der Waals surface area (Å²) in [7, 11) is 0. The van der Waals surface area contributed by atoms with E-state index in [1.165, 1.54) is 12.1 Å². The zero-order chi connectivity index (χ0) is 17.5. The quantitative estimate of drug-likeness (QED) is 0.592. The molecule has 0 aromatic heterocycles. The van der Waals surface area contributed by atoms with Gasteiger partial charge in [0.15, 0.2) is 5.78 Å². The summed E-state index contributed by atoms with van der Waals surface area (Å²) < 4.78 is 0. The Hall–Kier alpha value is -2.63. The normalized spacial score (nSPS) is 26.3. The van der Waals surface area contributed by atoms with Gasteiger partial charge in [-0.05, 0) is 40.0 Å². The Labute approximate surface area is 143 Å². The van der Waals surface area contributed by atoms with Gasteiger partial charge in [0.05, 0.1) is 17.8 Å². The Kier molecular flexibility index (Phi) is 2.77. The summed E-state index contributed by atoms with van der Waals surface area (Å²) in [5, 5.41) is 41.4. The van der Waals surface area contributed by atoms with Crippen molar-refractivity contribution in [2.24, 2.45) is 0 Å². The molecule has 5 heteroatoms. The van der Waals surface area contributed by atoms with Crippen molar-refractivity contribution in [3.05, 3.63) is 58.1 Å². The Morgan fingerprint density at radius 1 is 0.880 bits per heavy atom. The van der Waals surface area contributed by atoms with E-state index in [1.54, 1.807) is 18.2 Å². The van der Waals surface area contributed by atoms with Crippen molar-refractivity contribution in [2.75, 3.05) is 0 Å². The van der Waals surface area contributed by atoms with Crippen LogP contribution in [0.25, 0.3) is 11.1 Å². The van der Waals surface area contributed by atoms with Crippen molar-refractivity contribution in [1.82, 2.24) is 0 Å². The fourth-order valence-corrected chi connectivity index (χ4v) is 4.71. The third-order valence-corrected chi connectivity index (χ3v) is 5.65. The molecule has 3 aliphatic rings. The van der Waals surface area contributed by atoms with Crippen LogP contribution in [0.3, 0.4) is 0 Å². The third kappa shape index (κ3) is 1.72. The van der Waals surface area contributed by atoms with E-state index >= 15 is 0 Å². The number of hydrogen-bond acceptors (Lipinski definition) is 5. The van der Waals surface area contributed by atoms with Crippen molar-refractivity contribution in [3.8, 4) is 11.5 Å². The highest BCUT2D eigenvalue weighted by molar-refractivity contribution is 6.14.